The lowest BCUT2D eigenvalue weighted by Crippen LogP contribution is -2.48. The van der Waals surface area contributed by atoms with Crippen molar-refractivity contribution in [3.8, 4) is 0 Å². The van der Waals surface area contributed by atoms with Gasteiger partial charge >= 0.3 is 5.97 Å². The maximum atomic E-state index is 15.6. The van der Waals surface area contributed by atoms with Crippen molar-refractivity contribution in [1.29, 1.82) is 0 Å². The Balaban J connectivity index is 1.65. The molecule has 192 valence electrons. The van der Waals surface area contributed by atoms with E-state index < -0.39 is 42.2 Å². The molecule has 1 saturated heterocycles. The minimum absolute atomic E-state index is 0.248. The molecule has 5 nitrogen and oxygen atoms in total. The Morgan fingerprint density at radius 2 is 1.86 bits per heavy atom. The SMILES string of the molecule is COC(=O)c1ccc2c3c([nH]c2c1)C(c1c(F)cc(CC2CNC2)cc1F)N(CC(C)(F)F)C(C)C3. The van der Waals surface area contributed by atoms with E-state index in [9.17, 15) is 13.6 Å². The molecule has 0 aliphatic carbocycles. The number of nitrogens with zero attached hydrogens (tertiary/aromatic N) is 1. The van der Waals surface area contributed by atoms with Gasteiger partial charge < -0.3 is 15.0 Å². The van der Waals surface area contributed by atoms with Crippen LogP contribution in [0.3, 0.4) is 0 Å². The number of halogens is 4. The second kappa shape index (κ2) is 9.19. The van der Waals surface area contributed by atoms with Crippen LogP contribution in [0.4, 0.5) is 17.6 Å². The predicted molar refractivity (Wildman–Crippen MR) is 128 cm³/mol. The molecular formula is C27H29F4N3O2. The Morgan fingerprint density at radius 3 is 2.44 bits per heavy atom. The predicted octanol–water partition coefficient (Wildman–Crippen LogP) is 4.99. The molecule has 2 atom stereocenters. The maximum Gasteiger partial charge on any atom is 0.337 e. The van der Waals surface area contributed by atoms with Crippen LogP contribution in [0, 0.1) is 17.6 Å². The Morgan fingerprint density at radius 1 is 1.17 bits per heavy atom. The number of hydrogen-bond donors (Lipinski definition) is 2. The molecule has 9 heteroatoms. The molecule has 3 heterocycles. The molecule has 0 saturated carbocycles. The molecule has 1 fully saturated rings. The van der Waals surface area contributed by atoms with E-state index in [4.69, 9.17) is 4.74 Å². The number of fused-ring (bicyclic) bond motifs is 3. The number of esters is 1. The molecule has 2 aromatic carbocycles. The van der Waals surface area contributed by atoms with Gasteiger partial charge in [-0.3, -0.25) is 4.90 Å². The summed E-state index contributed by atoms with van der Waals surface area (Å²) >= 11 is 0. The number of aromatic nitrogens is 1. The summed E-state index contributed by atoms with van der Waals surface area (Å²) < 4.78 is 64.6. The van der Waals surface area contributed by atoms with Crippen LogP contribution in [0.1, 0.15) is 52.6 Å². The van der Waals surface area contributed by atoms with Crippen LogP contribution in [-0.2, 0) is 17.6 Å². The zero-order valence-electron chi connectivity index (χ0n) is 20.4. The summed E-state index contributed by atoms with van der Waals surface area (Å²) in [6.45, 7) is 3.54. The lowest BCUT2D eigenvalue weighted by Gasteiger charge is -2.42. The topological polar surface area (TPSA) is 57.4 Å². The Hall–Kier alpha value is -2.91. The average Bonchev–Trinajstić information content (AvgIpc) is 3.13. The van der Waals surface area contributed by atoms with Gasteiger partial charge in [-0.05, 0) is 74.2 Å². The third kappa shape index (κ3) is 4.50. The molecule has 2 N–H and O–H groups in total. The standard InChI is InChI=1S/C27H29F4N3O2/c1-14-6-19-18-5-4-17(26(35)36-3)10-22(18)33-24(19)25(34(14)13-27(2,30)31)23-20(28)8-15(9-21(23)29)7-16-11-32-12-16/h4-5,8-10,14,16,25,32-33H,6-7,11-13H2,1-3H3. The van der Waals surface area contributed by atoms with E-state index in [1.807, 2.05) is 0 Å². The van der Waals surface area contributed by atoms with E-state index in [-0.39, 0.29) is 5.56 Å². The van der Waals surface area contributed by atoms with Gasteiger partial charge in [0.25, 0.3) is 5.92 Å². The fourth-order valence-electron chi connectivity index (χ4n) is 5.53. The number of hydrogen-bond acceptors (Lipinski definition) is 4. The molecule has 2 aliphatic heterocycles. The minimum Gasteiger partial charge on any atom is -0.465 e. The van der Waals surface area contributed by atoms with Crippen molar-refractivity contribution in [1.82, 2.24) is 15.2 Å². The number of carbonyl (C=O) groups excluding carboxylic acids is 1. The first-order valence-electron chi connectivity index (χ1n) is 12.1. The molecule has 36 heavy (non-hydrogen) atoms. The number of H-pyrrole nitrogens is 1. The number of alkyl halides is 2. The van der Waals surface area contributed by atoms with Crippen molar-refractivity contribution in [3.63, 3.8) is 0 Å². The van der Waals surface area contributed by atoms with Crippen molar-refractivity contribution in [2.75, 3.05) is 26.7 Å². The molecule has 1 aromatic heterocycles. The third-order valence-electron chi connectivity index (χ3n) is 7.29. The summed E-state index contributed by atoms with van der Waals surface area (Å²) in [4.78, 5) is 16.7. The second-order valence-corrected chi connectivity index (χ2v) is 10.2. The van der Waals surface area contributed by atoms with Gasteiger partial charge in [0.1, 0.15) is 11.6 Å². The average molecular weight is 504 g/mol. The fraction of sp³-hybridized carbons (Fsp3) is 0.444. The monoisotopic (exact) mass is 503 g/mol. The minimum atomic E-state index is -3.07. The highest BCUT2D eigenvalue weighted by Crippen LogP contribution is 2.43. The van der Waals surface area contributed by atoms with E-state index in [1.165, 1.54) is 24.1 Å². The largest absolute Gasteiger partial charge is 0.465 e. The van der Waals surface area contributed by atoms with Crippen molar-refractivity contribution < 1.29 is 27.1 Å². The quantitative estimate of drug-likeness (QED) is 0.368. The summed E-state index contributed by atoms with van der Waals surface area (Å²) in [7, 11) is 1.28. The normalized spacial score (nSPS) is 20.9. The van der Waals surface area contributed by atoms with Gasteiger partial charge in [0, 0.05) is 35.1 Å². The van der Waals surface area contributed by atoms with E-state index in [2.05, 4.69) is 10.3 Å². The number of nitrogens with one attached hydrogen (secondary N) is 2. The van der Waals surface area contributed by atoms with Gasteiger partial charge in [0.15, 0.2) is 0 Å². The number of aromatic amines is 1. The molecule has 5 rings (SSSR count). The zero-order chi connectivity index (χ0) is 25.8. The molecule has 0 radical (unpaired) electrons. The van der Waals surface area contributed by atoms with Crippen LogP contribution < -0.4 is 5.32 Å². The Labute approximate surface area is 206 Å². The first-order valence-corrected chi connectivity index (χ1v) is 12.1. The van der Waals surface area contributed by atoms with Gasteiger partial charge in [-0.2, -0.15) is 0 Å². The van der Waals surface area contributed by atoms with Gasteiger partial charge in [-0.25, -0.2) is 22.4 Å². The smallest absolute Gasteiger partial charge is 0.337 e. The van der Waals surface area contributed by atoms with E-state index >= 15 is 8.78 Å². The van der Waals surface area contributed by atoms with Gasteiger partial charge in [0.05, 0.1) is 25.3 Å². The summed E-state index contributed by atoms with van der Waals surface area (Å²) in [6.07, 6.45) is 0.961. The van der Waals surface area contributed by atoms with Crippen LogP contribution in [0.25, 0.3) is 10.9 Å². The van der Waals surface area contributed by atoms with Crippen LogP contribution in [0.2, 0.25) is 0 Å². The van der Waals surface area contributed by atoms with Crippen LogP contribution >= 0.6 is 0 Å². The summed E-state index contributed by atoms with van der Waals surface area (Å²) in [5.41, 5.74) is 2.47. The summed E-state index contributed by atoms with van der Waals surface area (Å²) in [6, 6.07) is 6.16. The molecule has 0 bridgehead atoms. The van der Waals surface area contributed by atoms with Crippen LogP contribution in [0.15, 0.2) is 30.3 Å². The van der Waals surface area contributed by atoms with Gasteiger partial charge in [-0.15, -0.1) is 0 Å². The number of methoxy groups -OCH3 is 1. The van der Waals surface area contributed by atoms with Crippen molar-refractivity contribution in [2.45, 2.75) is 44.7 Å². The highest BCUT2D eigenvalue weighted by Gasteiger charge is 2.42. The molecule has 2 unspecified atom stereocenters. The highest BCUT2D eigenvalue weighted by molar-refractivity contribution is 5.96. The summed E-state index contributed by atoms with van der Waals surface area (Å²) in [5, 5.41) is 3.93. The lowest BCUT2D eigenvalue weighted by molar-refractivity contribution is -0.0374. The van der Waals surface area contributed by atoms with E-state index in [0.29, 0.717) is 41.1 Å². The number of carbonyl (C=O) groups is 1. The highest BCUT2D eigenvalue weighted by atomic mass is 19.3. The van der Waals surface area contributed by atoms with Crippen molar-refractivity contribution in [2.24, 2.45) is 5.92 Å². The number of ether oxygens (including phenoxy) is 1. The second-order valence-electron chi connectivity index (χ2n) is 10.2. The molecular weight excluding hydrogens is 474 g/mol. The van der Waals surface area contributed by atoms with Gasteiger partial charge in [-0.1, -0.05) is 6.07 Å². The van der Waals surface area contributed by atoms with Crippen LogP contribution in [-0.4, -0.2) is 54.6 Å². The van der Waals surface area contributed by atoms with Crippen molar-refractivity contribution in [3.05, 3.63) is 69.9 Å². The Kier molecular flexibility index (Phi) is 6.32. The molecule has 3 aromatic rings. The lowest BCUT2D eigenvalue weighted by atomic mass is 9.86. The number of benzene rings is 2. The van der Waals surface area contributed by atoms with E-state index in [0.717, 1.165) is 31.0 Å². The van der Waals surface area contributed by atoms with Crippen molar-refractivity contribution >= 4 is 16.9 Å². The molecule has 2 aliphatic rings. The van der Waals surface area contributed by atoms with E-state index in [1.54, 1.807) is 25.1 Å². The fourth-order valence-corrected chi connectivity index (χ4v) is 5.53. The zero-order valence-corrected chi connectivity index (χ0v) is 20.4. The Bertz CT molecular complexity index is 1290. The summed E-state index contributed by atoms with van der Waals surface area (Å²) in [5.74, 6) is -4.76. The maximum absolute atomic E-state index is 15.6. The third-order valence-corrected chi connectivity index (χ3v) is 7.29. The molecule has 0 amide bonds. The first-order chi connectivity index (χ1) is 17.1. The first kappa shape index (κ1) is 24.8. The van der Waals surface area contributed by atoms with Crippen LogP contribution in [0.5, 0.6) is 0 Å². The number of rotatable bonds is 6. The molecule has 0 spiro atoms. The van der Waals surface area contributed by atoms with Gasteiger partial charge in [0.2, 0.25) is 0 Å².